The van der Waals surface area contributed by atoms with Crippen LogP contribution in [0.4, 0.5) is 4.39 Å². The van der Waals surface area contributed by atoms with Crippen molar-refractivity contribution in [3.63, 3.8) is 0 Å². The SMILES string of the molecule is O=C(C1CCC1)N1C[C@H]2CN(CCc3cccc(F)c3)C[C@@]2(C(=O)O)C1. The second-order valence-electron chi connectivity index (χ2n) is 8.12. The lowest BCUT2D eigenvalue weighted by Gasteiger charge is -2.31. The number of aliphatic carboxylic acids is 1. The summed E-state index contributed by atoms with van der Waals surface area (Å²) in [5.74, 6) is -0.787. The van der Waals surface area contributed by atoms with Gasteiger partial charge in [-0.3, -0.25) is 9.59 Å². The molecule has 0 bridgehead atoms. The van der Waals surface area contributed by atoms with Crippen LogP contribution in [0.1, 0.15) is 24.8 Å². The van der Waals surface area contributed by atoms with Crippen molar-refractivity contribution in [2.24, 2.45) is 17.3 Å². The molecule has 0 unspecified atom stereocenters. The number of nitrogens with zero attached hydrogens (tertiary/aromatic N) is 2. The number of benzene rings is 1. The van der Waals surface area contributed by atoms with Crippen molar-refractivity contribution in [3.8, 4) is 0 Å². The van der Waals surface area contributed by atoms with Crippen LogP contribution in [-0.2, 0) is 16.0 Å². The molecule has 2 saturated heterocycles. The summed E-state index contributed by atoms with van der Waals surface area (Å²) in [6, 6.07) is 6.55. The zero-order chi connectivity index (χ0) is 18.3. The Morgan fingerprint density at radius 3 is 2.65 bits per heavy atom. The van der Waals surface area contributed by atoms with Gasteiger partial charge in [0.15, 0.2) is 0 Å². The van der Waals surface area contributed by atoms with Crippen LogP contribution in [0.3, 0.4) is 0 Å². The van der Waals surface area contributed by atoms with E-state index in [0.717, 1.165) is 24.8 Å². The van der Waals surface area contributed by atoms with Crippen LogP contribution in [0.25, 0.3) is 0 Å². The maximum atomic E-state index is 13.3. The minimum Gasteiger partial charge on any atom is -0.481 e. The van der Waals surface area contributed by atoms with Gasteiger partial charge in [0.25, 0.3) is 0 Å². The topological polar surface area (TPSA) is 60.9 Å². The molecule has 1 N–H and O–H groups in total. The number of carboxylic acid groups (broad SMARTS) is 1. The molecule has 1 saturated carbocycles. The van der Waals surface area contributed by atoms with Gasteiger partial charge in [0.1, 0.15) is 11.2 Å². The van der Waals surface area contributed by atoms with E-state index in [2.05, 4.69) is 4.90 Å². The lowest BCUT2D eigenvalue weighted by atomic mass is 9.81. The number of carbonyl (C=O) groups is 2. The highest BCUT2D eigenvalue weighted by atomic mass is 19.1. The maximum Gasteiger partial charge on any atom is 0.313 e. The van der Waals surface area contributed by atoms with Crippen molar-refractivity contribution in [3.05, 3.63) is 35.6 Å². The highest BCUT2D eigenvalue weighted by molar-refractivity contribution is 5.83. The first-order valence-electron chi connectivity index (χ1n) is 9.47. The molecule has 2 aliphatic heterocycles. The van der Waals surface area contributed by atoms with Crippen LogP contribution in [0.5, 0.6) is 0 Å². The standard InChI is InChI=1S/C20H25FN2O3/c21-17-6-1-3-14(9-17)7-8-22-10-16-11-23(18(24)15-4-2-5-15)13-20(16,12-22)19(25)26/h1,3,6,9,15-16H,2,4-5,7-8,10-13H2,(H,25,26)/t16-,20-/m1/s1. The number of hydrogen-bond donors (Lipinski definition) is 1. The van der Waals surface area contributed by atoms with Crippen molar-refractivity contribution in [2.75, 3.05) is 32.7 Å². The Balaban J connectivity index is 1.40. The van der Waals surface area contributed by atoms with Gasteiger partial charge >= 0.3 is 5.97 Å². The van der Waals surface area contributed by atoms with Crippen LogP contribution in [0, 0.1) is 23.1 Å². The van der Waals surface area contributed by atoms with E-state index < -0.39 is 11.4 Å². The number of carbonyl (C=O) groups excluding carboxylic acids is 1. The van der Waals surface area contributed by atoms with E-state index in [1.165, 1.54) is 12.1 Å². The Morgan fingerprint density at radius 1 is 1.23 bits per heavy atom. The summed E-state index contributed by atoms with van der Waals surface area (Å²) in [6.07, 6.45) is 3.69. The Bertz CT molecular complexity index is 721. The second kappa shape index (κ2) is 6.65. The molecule has 26 heavy (non-hydrogen) atoms. The molecule has 0 spiro atoms. The zero-order valence-corrected chi connectivity index (χ0v) is 14.9. The van der Waals surface area contributed by atoms with Crippen molar-refractivity contribution in [1.29, 1.82) is 0 Å². The Kier molecular flexibility index (Phi) is 4.47. The van der Waals surface area contributed by atoms with Gasteiger partial charge in [-0.1, -0.05) is 18.6 Å². The number of halogens is 1. The van der Waals surface area contributed by atoms with Crippen molar-refractivity contribution < 1.29 is 19.1 Å². The highest BCUT2D eigenvalue weighted by Gasteiger charge is 2.58. The molecule has 1 aliphatic carbocycles. The van der Waals surface area contributed by atoms with Crippen molar-refractivity contribution in [1.82, 2.24) is 9.80 Å². The zero-order valence-electron chi connectivity index (χ0n) is 14.9. The van der Waals surface area contributed by atoms with E-state index in [4.69, 9.17) is 0 Å². The third-order valence-electron chi connectivity index (χ3n) is 6.48. The number of fused-ring (bicyclic) bond motifs is 1. The Hall–Kier alpha value is -1.95. The first-order chi connectivity index (χ1) is 12.5. The summed E-state index contributed by atoms with van der Waals surface area (Å²) in [7, 11) is 0. The largest absolute Gasteiger partial charge is 0.481 e. The molecule has 5 nitrogen and oxygen atoms in total. The smallest absolute Gasteiger partial charge is 0.313 e. The monoisotopic (exact) mass is 360 g/mol. The maximum absolute atomic E-state index is 13.3. The Morgan fingerprint density at radius 2 is 2.04 bits per heavy atom. The second-order valence-corrected chi connectivity index (χ2v) is 8.12. The summed E-state index contributed by atoms with van der Waals surface area (Å²) in [5, 5.41) is 9.91. The minimum absolute atomic E-state index is 0.0171. The fraction of sp³-hybridized carbons (Fsp3) is 0.600. The number of likely N-dealkylation sites (tertiary alicyclic amines) is 2. The highest BCUT2D eigenvalue weighted by Crippen LogP contribution is 2.44. The Labute approximate surface area is 152 Å². The van der Waals surface area contributed by atoms with Crippen LogP contribution in [0.2, 0.25) is 0 Å². The molecule has 3 aliphatic rings. The lowest BCUT2D eigenvalue weighted by Crippen LogP contribution is -2.44. The first kappa shape index (κ1) is 17.5. The van der Waals surface area contributed by atoms with Gasteiger partial charge in [-0.25, -0.2) is 4.39 Å². The minimum atomic E-state index is -0.846. The third-order valence-corrected chi connectivity index (χ3v) is 6.48. The van der Waals surface area contributed by atoms with Gasteiger partial charge in [-0.15, -0.1) is 0 Å². The van der Waals surface area contributed by atoms with Gasteiger partial charge in [0.2, 0.25) is 5.91 Å². The average molecular weight is 360 g/mol. The normalized spacial score (nSPS) is 28.8. The molecular weight excluding hydrogens is 335 g/mol. The fourth-order valence-electron chi connectivity index (χ4n) is 4.70. The summed E-state index contributed by atoms with van der Waals surface area (Å²) in [6.45, 7) is 2.76. The first-order valence-corrected chi connectivity index (χ1v) is 9.47. The van der Waals surface area contributed by atoms with Crippen LogP contribution in [0.15, 0.2) is 24.3 Å². The molecular formula is C20H25FN2O3. The molecule has 3 fully saturated rings. The van der Waals surface area contributed by atoms with E-state index in [1.807, 2.05) is 6.07 Å². The molecule has 0 aromatic heterocycles. The van der Waals surface area contributed by atoms with Crippen LogP contribution >= 0.6 is 0 Å². The average Bonchev–Trinajstić information content (AvgIpc) is 3.06. The predicted octanol–water partition coefficient (Wildman–Crippen LogP) is 2.01. The van der Waals surface area contributed by atoms with Crippen LogP contribution < -0.4 is 0 Å². The lowest BCUT2D eigenvalue weighted by molar-refractivity contribution is -0.149. The molecule has 0 radical (unpaired) electrons. The van der Waals surface area contributed by atoms with Gasteiger partial charge in [-0.05, 0) is 37.0 Å². The van der Waals surface area contributed by atoms with E-state index in [1.54, 1.807) is 11.0 Å². The van der Waals surface area contributed by atoms with E-state index in [9.17, 15) is 19.1 Å². The van der Waals surface area contributed by atoms with Crippen LogP contribution in [-0.4, -0.2) is 59.5 Å². The number of rotatable bonds is 5. The van der Waals surface area contributed by atoms with Gasteiger partial charge < -0.3 is 14.9 Å². The van der Waals surface area contributed by atoms with E-state index in [-0.39, 0.29) is 23.6 Å². The van der Waals surface area contributed by atoms with Crippen molar-refractivity contribution >= 4 is 11.9 Å². The molecule has 4 rings (SSSR count). The predicted molar refractivity (Wildman–Crippen MR) is 94.0 cm³/mol. The van der Waals surface area contributed by atoms with E-state index in [0.29, 0.717) is 39.1 Å². The van der Waals surface area contributed by atoms with Gasteiger partial charge in [0, 0.05) is 44.6 Å². The van der Waals surface area contributed by atoms with E-state index >= 15 is 0 Å². The molecule has 1 aromatic rings. The fourth-order valence-corrected chi connectivity index (χ4v) is 4.70. The number of amides is 1. The van der Waals surface area contributed by atoms with Gasteiger partial charge in [0.05, 0.1) is 0 Å². The number of carboxylic acids is 1. The molecule has 6 heteroatoms. The summed E-state index contributed by atoms with van der Waals surface area (Å²) in [4.78, 5) is 28.6. The molecule has 2 heterocycles. The molecule has 1 aromatic carbocycles. The summed E-state index contributed by atoms with van der Waals surface area (Å²) >= 11 is 0. The summed E-state index contributed by atoms with van der Waals surface area (Å²) < 4.78 is 13.3. The molecule has 2 atom stereocenters. The summed E-state index contributed by atoms with van der Waals surface area (Å²) in [5.41, 5.74) is 0.0784. The van der Waals surface area contributed by atoms with Crippen molar-refractivity contribution in [2.45, 2.75) is 25.7 Å². The number of hydrogen-bond acceptors (Lipinski definition) is 3. The third kappa shape index (κ3) is 3.00. The quantitative estimate of drug-likeness (QED) is 0.873. The van der Waals surface area contributed by atoms with Gasteiger partial charge in [-0.2, -0.15) is 0 Å². The molecule has 1 amide bonds. The molecule has 140 valence electrons.